The van der Waals surface area contributed by atoms with Crippen molar-refractivity contribution < 1.29 is 23.9 Å². The standard InChI is InChI=1S/C10H16N2O5/c1-6(8(13)12-10(15)11-2)17-9(14)7-4-3-5-16-7/h6-7H,3-5H2,1-2H3,(H2,11,12,13,15)/t6-,7+/m1/s1. The van der Waals surface area contributed by atoms with Crippen molar-refractivity contribution in [3.63, 3.8) is 0 Å². The molecule has 0 saturated carbocycles. The molecule has 1 aliphatic heterocycles. The van der Waals surface area contributed by atoms with E-state index in [9.17, 15) is 14.4 Å². The van der Waals surface area contributed by atoms with Crippen LogP contribution in [0, 0.1) is 0 Å². The van der Waals surface area contributed by atoms with Crippen LogP contribution in [0.2, 0.25) is 0 Å². The molecule has 0 radical (unpaired) electrons. The first kappa shape index (κ1) is 13.4. The second-order valence-electron chi connectivity index (χ2n) is 3.65. The lowest BCUT2D eigenvalue weighted by Crippen LogP contribution is -2.44. The summed E-state index contributed by atoms with van der Waals surface area (Å²) >= 11 is 0. The van der Waals surface area contributed by atoms with Gasteiger partial charge in [-0.15, -0.1) is 0 Å². The van der Waals surface area contributed by atoms with Crippen molar-refractivity contribution in [2.24, 2.45) is 0 Å². The average Bonchev–Trinajstić information content (AvgIpc) is 2.82. The van der Waals surface area contributed by atoms with E-state index >= 15 is 0 Å². The number of esters is 1. The van der Waals surface area contributed by atoms with Crippen LogP contribution in [0.3, 0.4) is 0 Å². The normalized spacial score (nSPS) is 20.5. The lowest BCUT2D eigenvalue weighted by molar-refractivity contribution is -0.163. The van der Waals surface area contributed by atoms with Crippen molar-refractivity contribution in [2.75, 3.05) is 13.7 Å². The van der Waals surface area contributed by atoms with E-state index in [4.69, 9.17) is 9.47 Å². The topological polar surface area (TPSA) is 93.7 Å². The summed E-state index contributed by atoms with van der Waals surface area (Å²) in [4.78, 5) is 33.7. The van der Waals surface area contributed by atoms with E-state index in [-0.39, 0.29) is 0 Å². The fourth-order valence-corrected chi connectivity index (χ4v) is 1.34. The van der Waals surface area contributed by atoms with Crippen LogP contribution >= 0.6 is 0 Å². The first-order valence-corrected chi connectivity index (χ1v) is 5.39. The molecule has 0 spiro atoms. The van der Waals surface area contributed by atoms with Crippen LogP contribution in [0.4, 0.5) is 4.79 Å². The number of imide groups is 1. The Kier molecular flexibility index (Phi) is 4.89. The SMILES string of the molecule is CNC(=O)NC(=O)[C@@H](C)OC(=O)[C@@H]1CCCO1. The van der Waals surface area contributed by atoms with E-state index in [1.807, 2.05) is 5.32 Å². The van der Waals surface area contributed by atoms with Gasteiger partial charge in [0.15, 0.2) is 12.2 Å². The van der Waals surface area contributed by atoms with Crippen molar-refractivity contribution in [3.05, 3.63) is 0 Å². The predicted octanol–water partition coefficient (Wildman–Crippen LogP) is -0.447. The van der Waals surface area contributed by atoms with E-state index in [2.05, 4.69) is 5.32 Å². The summed E-state index contributed by atoms with van der Waals surface area (Å²) in [6.07, 6.45) is -0.212. The molecular formula is C10H16N2O5. The number of rotatable bonds is 3. The predicted molar refractivity (Wildman–Crippen MR) is 57.1 cm³/mol. The third-order valence-corrected chi connectivity index (χ3v) is 2.32. The Balaban J connectivity index is 2.36. The maximum absolute atomic E-state index is 11.5. The molecule has 0 aromatic rings. The molecular weight excluding hydrogens is 228 g/mol. The molecule has 3 amide bonds. The van der Waals surface area contributed by atoms with Crippen molar-refractivity contribution in [1.82, 2.24) is 10.6 Å². The van der Waals surface area contributed by atoms with Gasteiger partial charge in [0.2, 0.25) is 0 Å². The van der Waals surface area contributed by atoms with E-state index in [1.54, 1.807) is 0 Å². The lowest BCUT2D eigenvalue weighted by atomic mass is 10.2. The van der Waals surface area contributed by atoms with Gasteiger partial charge in [-0.25, -0.2) is 9.59 Å². The molecule has 17 heavy (non-hydrogen) atoms. The Morgan fingerprint density at radius 2 is 2.12 bits per heavy atom. The number of nitrogens with one attached hydrogen (secondary N) is 2. The van der Waals surface area contributed by atoms with Gasteiger partial charge < -0.3 is 14.8 Å². The number of carbonyl (C=O) groups excluding carboxylic acids is 3. The number of amides is 3. The zero-order chi connectivity index (χ0) is 12.8. The molecule has 2 N–H and O–H groups in total. The molecule has 1 heterocycles. The third-order valence-electron chi connectivity index (χ3n) is 2.32. The summed E-state index contributed by atoms with van der Waals surface area (Å²) in [5.74, 6) is -1.24. The van der Waals surface area contributed by atoms with Gasteiger partial charge >= 0.3 is 12.0 Å². The van der Waals surface area contributed by atoms with Gasteiger partial charge in [-0.2, -0.15) is 0 Å². The maximum Gasteiger partial charge on any atom is 0.336 e. The Labute approximate surface area is 98.8 Å². The van der Waals surface area contributed by atoms with Gasteiger partial charge in [0.25, 0.3) is 5.91 Å². The molecule has 0 unspecified atom stereocenters. The van der Waals surface area contributed by atoms with E-state index in [0.29, 0.717) is 13.0 Å². The summed E-state index contributed by atoms with van der Waals surface area (Å²) in [5.41, 5.74) is 0. The average molecular weight is 244 g/mol. The van der Waals surface area contributed by atoms with E-state index in [0.717, 1.165) is 6.42 Å². The fraction of sp³-hybridized carbons (Fsp3) is 0.700. The van der Waals surface area contributed by atoms with E-state index < -0.39 is 30.1 Å². The van der Waals surface area contributed by atoms with Crippen LogP contribution < -0.4 is 10.6 Å². The highest BCUT2D eigenvalue weighted by Gasteiger charge is 2.28. The minimum atomic E-state index is -1.02. The molecule has 1 saturated heterocycles. The molecule has 1 rings (SSSR count). The number of ether oxygens (including phenoxy) is 2. The van der Waals surface area contributed by atoms with Crippen LogP contribution in [0.25, 0.3) is 0 Å². The van der Waals surface area contributed by atoms with Crippen LogP contribution in [0.15, 0.2) is 0 Å². The quantitative estimate of drug-likeness (QED) is 0.656. The van der Waals surface area contributed by atoms with Crippen LogP contribution in [0.1, 0.15) is 19.8 Å². The monoisotopic (exact) mass is 244 g/mol. The largest absolute Gasteiger partial charge is 0.451 e. The first-order valence-electron chi connectivity index (χ1n) is 5.39. The summed E-state index contributed by atoms with van der Waals surface area (Å²) in [7, 11) is 1.38. The first-order chi connectivity index (χ1) is 8.04. The Bertz CT molecular complexity index is 312. The molecule has 1 aliphatic rings. The number of hydrogen-bond acceptors (Lipinski definition) is 5. The van der Waals surface area contributed by atoms with Crippen LogP contribution in [-0.2, 0) is 19.1 Å². The summed E-state index contributed by atoms with van der Waals surface area (Å²) < 4.78 is 10.00. The number of urea groups is 1. The van der Waals surface area contributed by atoms with Crippen LogP contribution in [-0.4, -0.2) is 43.8 Å². The fourth-order valence-electron chi connectivity index (χ4n) is 1.34. The second-order valence-corrected chi connectivity index (χ2v) is 3.65. The van der Waals surface area contributed by atoms with Crippen molar-refractivity contribution in [1.29, 1.82) is 0 Å². The maximum atomic E-state index is 11.5. The summed E-state index contributed by atoms with van der Waals surface area (Å²) in [5, 5.41) is 4.24. The minimum absolute atomic E-state index is 0.526. The molecule has 0 aromatic carbocycles. The number of carbonyl (C=O) groups is 3. The molecule has 0 aliphatic carbocycles. The Morgan fingerprint density at radius 3 is 2.65 bits per heavy atom. The number of hydrogen-bond donors (Lipinski definition) is 2. The molecule has 0 aromatic heterocycles. The van der Waals surface area contributed by atoms with Crippen molar-refractivity contribution in [2.45, 2.75) is 32.0 Å². The smallest absolute Gasteiger partial charge is 0.336 e. The molecule has 1 fully saturated rings. The summed E-state index contributed by atoms with van der Waals surface area (Å²) in [6.45, 7) is 1.92. The van der Waals surface area contributed by atoms with Crippen molar-refractivity contribution in [3.8, 4) is 0 Å². The Hall–Kier alpha value is -1.63. The van der Waals surface area contributed by atoms with Gasteiger partial charge in [-0.3, -0.25) is 10.1 Å². The van der Waals surface area contributed by atoms with Gasteiger partial charge in [0, 0.05) is 13.7 Å². The highest BCUT2D eigenvalue weighted by atomic mass is 16.6. The molecule has 7 nitrogen and oxygen atoms in total. The van der Waals surface area contributed by atoms with Gasteiger partial charge in [-0.1, -0.05) is 0 Å². The minimum Gasteiger partial charge on any atom is -0.451 e. The van der Waals surface area contributed by atoms with Crippen LogP contribution in [0.5, 0.6) is 0 Å². The highest BCUT2D eigenvalue weighted by molar-refractivity contribution is 5.97. The molecule has 2 atom stereocenters. The molecule has 0 bridgehead atoms. The Morgan fingerprint density at radius 1 is 1.41 bits per heavy atom. The van der Waals surface area contributed by atoms with Gasteiger partial charge in [0.1, 0.15) is 0 Å². The molecule has 96 valence electrons. The molecule has 7 heteroatoms. The van der Waals surface area contributed by atoms with Gasteiger partial charge in [0.05, 0.1) is 0 Å². The zero-order valence-corrected chi connectivity index (χ0v) is 9.82. The second kappa shape index (κ2) is 6.19. The summed E-state index contributed by atoms with van der Waals surface area (Å²) in [6, 6.07) is -0.644. The van der Waals surface area contributed by atoms with E-state index in [1.165, 1.54) is 14.0 Å². The van der Waals surface area contributed by atoms with Crippen molar-refractivity contribution >= 4 is 17.9 Å². The highest BCUT2D eigenvalue weighted by Crippen LogP contribution is 2.14. The third kappa shape index (κ3) is 4.03. The van der Waals surface area contributed by atoms with Gasteiger partial charge in [-0.05, 0) is 19.8 Å². The zero-order valence-electron chi connectivity index (χ0n) is 9.82. The lowest BCUT2D eigenvalue weighted by Gasteiger charge is -2.15.